The SMILES string of the molecule is CC(=O)O.O=C(O)C[N+](=O)[O-]. The fourth-order valence-corrected chi connectivity index (χ4v) is 0.110. The number of nitro groups is 1. The molecule has 0 saturated heterocycles. The third kappa shape index (κ3) is 61.2. The van der Waals surface area contributed by atoms with E-state index in [0.717, 1.165) is 6.92 Å². The van der Waals surface area contributed by atoms with Crippen LogP contribution < -0.4 is 0 Å². The van der Waals surface area contributed by atoms with Crippen LogP contribution in [0.1, 0.15) is 6.92 Å². The smallest absolute Gasteiger partial charge is 0.376 e. The fraction of sp³-hybridized carbons (Fsp3) is 0.500. The number of rotatable bonds is 2. The lowest BCUT2D eigenvalue weighted by Gasteiger charge is -1.79. The molecule has 11 heavy (non-hydrogen) atoms. The maximum absolute atomic E-state index is 9.37. The number of carbonyl (C=O) groups is 2. The minimum Gasteiger partial charge on any atom is -0.481 e. The van der Waals surface area contributed by atoms with Gasteiger partial charge in [-0.15, -0.1) is 0 Å². The molecule has 0 aliphatic rings. The molecule has 0 aliphatic heterocycles. The summed E-state index contributed by atoms with van der Waals surface area (Å²) in [5, 5.41) is 24.3. The van der Waals surface area contributed by atoms with E-state index in [1.165, 1.54) is 0 Å². The van der Waals surface area contributed by atoms with Gasteiger partial charge in [0.25, 0.3) is 12.5 Å². The Labute approximate surface area is 61.4 Å². The van der Waals surface area contributed by atoms with Crippen LogP contribution in [0.15, 0.2) is 0 Å². The maximum atomic E-state index is 9.37. The number of carboxylic acid groups (broad SMARTS) is 2. The topological polar surface area (TPSA) is 118 Å². The van der Waals surface area contributed by atoms with Gasteiger partial charge in [-0.25, -0.2) is 4.79 Å². The molecule has 0 spiro atoms. The highest BCUT2D eigenvalue weighted by molar-refractivity contribution is 5.67. The Kier molecular flexibility index (Phi) is 7.08. The van der Waals surface area contributed by atoms with Crippen LogP contribution in [0.25, 0.3) is 0 Å². The summed E-state index contributed by atoms with van der Waals surface area (Å²) >= 11 is 0. The number of hydrogen-bond donors (Lipinski definition) is 2. The van der Waals surface area contributed by atoms with Crippen molar-refractivity contribution in [3.63, 3.8) is 0 Å². The average molecular weight is 165 g/mol. The van der Waals surface area contributed by atoms with E-state index in [0.29, 0.717) is 0 Å². The maximum Gasteiger partial charge on any atom is 0.376 e. The molecule has 0 amide bonds. The van der Waals surface area contributed by atoms with Gasteiger partial charge in [-0.2, -0.15) is 0 Å². The van der Waals surface area contributed by atoms with E-state index in [9.17, 15) is 14.9 Å². The van der Waals surface area contributed by atoms with Gasteiger partial charge >= 0.3 is 5.97 Å². The Balaban J connectivity index is 0. The Morgan fingerprint density at radius 1 is 1.45 bits per heavy atom. The van der Waals surface area contributed by atoms with Crippen LogP contribution in [-0.4, -0.2) is 33.6 Å². The summed E-state index contributed by atoms with van der Waals surface area (Å²) in [6, 6.07) is 0. The third-order valence-corrected chi connectivity index (χ3v) is 0.264. The number of carboxylic acids is 2. The van der Waals surface area contributed by atoms with Crippen LogP contribution in [0.2, 0.25) is 0 Å². The molecule has 0 unspecified atom stereocenters. The molecule has 0 aromatic carbocycles. The van der Waals surface area contributed by atoms with Crippen molar-refractivity contribution in [1.29, 1.82) is 0 Å². The summed E-state index contributed by atoms with van der Waals surface area (Å²) in [6.45, 7) is 0.0833. The first-order valence-electron chi connectivity index (χ1n) is 2.39. The average Bonchev–Trinajstić information content (AvgIpc) is 1.56. The van der Waals surface area contributed by atoms with Gasteiger partial charge in [0.05, 0.1) is 0 Å². The Morgan fingerprint density at radius 2 is 1.73 bits per heavy atom. The number of aliphatic carboxylic acids is 2. The van der Waals surface area contributed by atoms with Gasteiger partial charge in [-0.1, -0.05) is 0 Å². The molecule has 0 heterocycles. The standard InChI is InChI=1S/C2H3NO4.C2H4O2/c4-2(5)1-3(6)7;1-2(3)4/h1H2,(H,4,5);1H3,(H,3,4). The van der Waals surface area contributed by atoms with E-state index in [4.69, 9.17) is 15.0 Å². The first kappa shape index (κ1) is 12.1. The molecule has 0 bridgehead atoms. The molecule has 2 N–H and O–H groups in total. The van der Waals surface area contributed by atoms with Crippen molar-refractivity contribution < 1.29 is 24.7 Å². The molecule has 0 aromatic heterocycles. The van der Waals surface area contributed by atoms with Crippen molar-refractivity contribution in [2.75, 3.05) is 6.54 Å². The second kappa shape index (κ2) is 6.46. The molecular weight excluding hydrogens is 158 g/mol. The van der Waals surface area contributed by atoms with E-state index < -0.39 is 23.4 Å². The highest BCUT2D eigenvalue weighted by Crippen LogP contribution is 1.64. The van der Waals surface area contributed by atoms with Gasteiger partial charge in [0.15, 0.2) is 0 Å². The molecule has 0 saturated carbocycles. The molecule has 0 fully saturated rings. The second-order valence-electron chi connectivity index (χ2n) is 1.40. The molecule has 7 heteroatoms. The van der Waals surface area contributed by atoms with Crippen LogP contribution in [0.5, 0.6) is 0 Å². The van der Waals surface area contributed by atoms with E-state index >= 15 is 0 Å². The summed E-state index contributed by atoms with van der Waals surface area (Å²) in [7, 11) is 0. The Hall–Kier alpha value is -1.66. The first-order chi connectivity index (χ1) is 4.86. The lowest BCUT2D eigenvalue weighted by atomic mass is 10.7. The highest BCUT2D eigenvalue weighted by atomic mass is 16.6. The number of nitrogens with zero attached hydrogens (tertiary/aromatic N) is 1. The van der Waals surface area contributed by atoms with Crippen molar-refractivity contribution in [1.82, 2.24) is 0 Å². The molecule has 0 aliphatic carbocycles. The van der Waals surface area contributed by atoms with Gasteiger partial charge in [0.2, 0.25) is 0 Å². The molecule has 64 valence electrons. The Bertz CT molecular complexity index is 148. The molecule has 0 aromatic rings. The molecule has 0 rings (SSSR count). The van der Waals surface area contributed by atoms with Crippen molar-refractivity contribution in [2.45, 2.75) is 6.92 Å². The largest absolute Gasteiger partial charge is 0.481 e. The quantitative estimate of drug-likeness (QED) is 0.418. The lowest BCUT2D eigenvalue weighted by Crippen LogP contribution is -2.11. The summed E-state index contributed by atoms with van der Waals surface area (Å²) in [5.41, 5.74) is 0. The van der Waals surface area contributed by atoms with Crippen LogP contribution in [0.3, 0.4) is 0 Å². The van der Waals surface area contributed by atoms with Gasteiger partial charge < -0.3 is 10.2 Å². The summed E-state index contributed by atoms with van der Waals surface area (Å²) in [5.74, 6) is -2.25. The van der Waals surface area contributed by atoms with Gasteiger partial charge in [-0.05, 0) is 0 Å². The van der Waals surface area contributed by atoms with Crippen LogP contribution in [0.4, 0.5) is 0 Å². The van der Waals surface area contributed by atoms with E-state index in [-0.39, 0.29) is 0 Å². The summed E-state index contributed by atoms with van der Waals surface area (Å²) in [4.78, 5) is 26.7. The zero-order chi connectivity index (χ0) is 9.44. The molecular formula is C4H7NO6. The van der Waals surface area contributed by atoms with E-state index in [2.05, 4.69) is 0 Å². The fourth-order valence-electron chi connectivity index (χ4n) is 0.110. The molecule has 7 nitrogen and oxygen atoms in total. The predicted molar refractivity (Wildman–Crippen MR) is 32.8 cm³/mol. The lowest BCUT2D eigenvalue weighted by molar-refractivity contribution is -0.469. The second-order valence-corrected chi connectivity index (χ2v) is 1.40. The van der Waals surface area contributed by atoms with Gasteiger partial charge in [0, 0.05) is 11.8 Å². The van der Waals surface area contributed by atoms with Crippen LogP contribution >= 0.6 is 0 Å². The summed E-state index contributed by atoms with van der Waals surface area (Å²) in [6.07, 6.45) is 0. The normalized spacial score (nSPS) is 7.36. The van der Waals surface area contributed by atoms with Crippen molar-refractivity contribution in [3.8, 4) is 0 Å². The summed E-state index contributed by atoms with van der Waals surface area (Å²) < 4.78 is 0. The highest BCUT2D eigenvalue weighted by Gasteiger charge is 2.02. The van der Waals surface area contributed by atoms with Crippen molar-refractivity contribution >= 4 is 11.9 Å². The van der Waals surface area contributed by atoms with E-state index in [1.54, 1.807) is 0 Å². The first-order valence-corrected chi connectivity index (χ1v) is 2.39. The van der Waals surface area contributed by atoms with Gasteiger partial charge in [-0.3, -0.25) is 14.9 Å². The zero-order valence-electron chi connectivity index (χ0n) is 5.68. The van der Waals surface area contributed by atoms with Gasteiger partial charge in [0.1, 0.15) is 0 Å². The van der Waals surface area contributed by atoms with Crippen molar-refractivity contribution in [2.24, 2.45) is 0 Å². The number of hydrogen-bond acceptors (Lipinski definition) is 4. The third-order valence-electron chi connectivity index (χ3n) is 0.264. The van der Waals surface area contributed by atoms with Crippen molar-refractivity contribution in [3.05, 3.63) is 10.1 Å². The van der Waals surface area contributed by atoms with E-state index in [1.807, 2.05) is 0 Å². The Morgan fingerprint density at radius 3 is 1.73 bits per heavy atom. The molecule has 0 radical (unpaired) electrons. The molecule has 0 atom stereocenters. The zero-order valence-corrected chi connectivity index (χ0v) is 5.68. The monoisotopic (exact) mass is 165 g/mol. The predicted octanol–water partition coefficient (Wildman–Crippen LogP) is -0.561. The minimum absolute atomic E-state index is 0.833. The van der Waals surface area contributed by atoms with Crippen LogP contribution in [0, 0.1) is 10.1 Å². The van der Waals surface area contributed by atoms with Crippen LogP contribution in [-0.2, 0) is 9.59 Å². The minimum atomic E-state index is -1.41.